The Morgan fingerprint density at radius 1 is 0.375 bits per heavy atom. The third-order valence-electron chi connectivity index (χ3n) is 18.2. The number of carbonyl (C=O) groups excluding carboxylic acids is 8. The molecule has 23 nitrogen and oxygen atoms in total. The van der Waals surface area contributed by atoms with Crippen LogP contribution in [0.15, 0.2) is 170 Å². The van der Waals surface area contributed by atoms with Crippen molar-refractivity contribution in [2.45, 2.75) is 112 Å². The number of likely N-dealkylation sites (tertiary alicyclic amines) is 2. The zero-order valence-electron chi connectivity index (χ0n) is 59.8. The van der Waals surface area contributed by atoms with Gasteiger partial charge in [0.1, 0.15) is 0 Å². The molecule has 9 aromatic rings. The Balaban J connectivity index is 0.000000295. The summed E-state index contributed by atoms with van der Waals surface area (Å²) in [7, 11) is 0. The number of amides is 2. The van der Waals surface area contributed by atoms with Crippen molar-refractivity contribution in [3.63, 3.8) is 0 Å². The van der Waals surface area contributed by atoms with Crippen LogP contribution in [0.3, 0.4) is 0 Å². The predicted octanol–water partition coefficient (Wildman–Crippen LogP) is 9.96. The third kappa shape index (κ3) is 23.0. The Labute approximate surface area is 625 Å². The molecular formula is C80H85N6NaO17. The normalized spacial score (nSPS) is 14.6. The maximum absolute atomic E-state index is 13.4. The number of nitrogens with zero attached hydrogens (tertiary/aromatic N) is 5. The van der Waals surface area contributed by atoms with Crippen LogP contribution >= 0.6 is 0 Å². The first kappa shape index (κ1) is 85.5. The maximum atomic E-state index is 13.4. The van der Waals surface area contributed by atoms with E-state index >= 15 is 0 Å². The van der Waals surface area contributed by atoms with Gasteiger partial charge in [0.25, 0.3) is 11.8 Å². The number of carbonyl (C=O) groups is 6. The molecular weight excluding hydrogens is 1340 g/mol. The number of nitrogens with one attached hydrogen (secondary N) is 1. The molecule has 3 saturated heterocycles. The molecule has 0 saturated carbocycles. The van der Waals surface area contributed by atoms with Gasteiger partial charge in [-0.1, -0.05) is 66.7 Å². The number of aryl methyl sites for hydroxylation is 8. The van der Waals surface area contributed by atoms with E-state index in [0.717, 1.165) is 112 Å². The van der Waals surface area contributed by atoms with Gasteiger partial charge in [-0.15, -0.1) is 0 Å². The number of benzene rings is 6. The van der Waals surface area contributed by atoms with Crippen molar-refractivity contribution in [1.82, 2.24) is 28.8 Å². The third-order valence-corrected chi connectivity index (χ3v) is 18.2. The Kier molecular flexibility index (Phi) is 34.4. The average molecular weight is 1430 g/mol. The molecule has 3 aliphatic rings. The van der Waals surface area contributed by atoms with Crippen LogP contribution in [0.1, 0.15) is 180 Å². The van der Waals surface area contributed by atoms with Crippen LogP contribution in [0, 0.1) is 55.4 Å². The minimum Gasteiger partial charge on any atom is -0.870 e. The number of piperidine rings is 3. The van der Waals surface area contributed by atoms with Crippen molar-refractivity contribution in [3.05, 3.63) is 265 Å². The van der Waals surface area contributed by atoms with E-state index in [4.69, 9.17) is 44.1 Å². The van der Waals surface area contributed by atoms with Crippen LogP contribution in [-0.2, 0) is 28.8 Å². The molecule has 104 heavy (non-hydrogen) atoms. The van der Waals surface area contributed by atoms with Crippen molar-refractivity contribution < 1.29 is 113 Å². The van der Waals surface area contributed by atoms with E-state index < -0.39 is 23.9 Å². The number of carboxylic acids is 4. The van der Waals surface area contributed by atoms with E-state index in [-0.39, 0.29) is 93.8 Å². The molecule has 3 fully saturated rings. The van der Waals surface area contributed by atoms with Gasteiger partial charge >= 0.3 is 71.9 Å². The zero-order chi connectivity index (χ0) is 74.7. The summed E-state index contributed by atoms with van der Waals surface area (Å²) in [6.07, 6.45) is 7.10. The fraction of sp³-hybridized carbons (Fsp3) is 0.287. The molecule has 0 radical (unpaired) electrons. The van der Waals surface area contributed by atoms with Crippen molar-refractivity contribution >= 4 is 54.1 Å². The van der Waals surface area contributed by atoms with Crippen molar-refractivity contribution in [1.29, 1.82) is 0 Å². The molecule has 0 aliphatic carbocycles. The second-order valence-corrected chi connectivity index (χ2v) is 24.9. The Hall–Kier alpha value is -11.0. The molecule has 2 amide bonds. The average Bonchev–Trinajstić information content (AvgIpc) is 1.48. The first-order valence-electron chi connectivity index (χ1n) is 33.1. The topological polar surface area (TPSA) is 349 Å². The summed E-state index contributed by atoms with van der Waals surface area (Å²) < 4.78 is 6.11. The van der Waals surface area contributed by atoms with Crippen molar-refractivity contribution in [2.24, 2.45) is 0 Å². The Morgan fingerprint density at radius 3 is 1.05 bits per heavy atom. The minimum atomic E-state index is -1.04. The molecule has 6 N–H and O–H groups in total. The van der Waals surface area contributed by atoms with Gasteiger partial charge < -0.3 is 54.7 Å². The van der Waals surface area contributed by atoms with Crippen molar-refractivity contribution in [2.75, 3.05) is 39.3 Å². The smallest absolute Gasteiger partial charge is 0.870 e. The molecule has 12 rings (SSSR count). The number of hydrogen-bond donors (Lipinski definition) is 5. The van der Waals surface area contributed by atoms with Crippen LogP contribution in [0.25, 0.3) is 17.1 Å². The monoisotopic (exact) mass is 1420 g/mol. The van der Waals surface area contributed by atoms with E-state index in [9.17, 15) is 33.9 Å². The molecule has 0 bridgehead atoms. The van der Waals surface area contributed by atoms with Crippen LogP contribution in [0.4, 0.5) is 0 Å². The summed E-state index contributed by atoms with van der Waals surface area (Å²) >= 11 is 0. The number of aromatic nitrogens is 3. The van der Waals surface area contributed by atoms with E-state index in [1.807, 2.05) is 117 Å². The van der Waals surface area contributed by atoms with Gasteiger partial charge in [0.15, 0.2) is 0 Å². The fourth-order valence-corrected chi connectivity index (χ4v) is 13.0. The summed E-state index contributed by atoms with van der Waals surface area (Å²) in [4.78, 5) is 124. The van der Waals surface area contributed by atoms with E-state index in [1.54, 1.807) is 53.4 Å². The second-order valence-electron chi connectivity index (χ2n) is 24.9. The molecule has 538 valence electrons. The van der Waals surface area contributed by atoms with Gasteiger partial charge in [-0.25, -0.2) is 19.2 Å². The summed E-state index contributed by atoms with van der Waals surface area (Å²) in [6.45, 7) is 20.9. The standard InChI is InChI=1S/C26H26N2O5.C26H28N2O3.C14H15NO2.C11H15N.3CO2.Na.H2O/c1-16-5-6-17(2)28(16)23-14-20(11-12-22(23)26(32)33)24(29)27-13-3-4-21(15-27)18-7-9-19(10-8-18)25(30)31;1-17-6-9-22(15-24(17)28-18(2)7-8-19(28)3)25(29)27-14-4-5-23(16-27)20-10-12-21(13-11-20)26(30)31;1-9-4-7-12(14(16)17)8-13(9)15-10(2)5-6-11(15)3;1-2-5-10(6-3-1)11-7-4-8-12-9-11;3*2-1-3;;/h5-12,14,21H,3-4,13,15H2,1-2H3,(H,30,31)(H,32,33);6-13,15,23H,4-5,14,16H2,1-3H3,(H,30,31);4-8H,1-3H3,(H,16,17);1-3,5-6,11-12H,4,7-9H2;;;;;1H2/q;;;;;;;+1;/p-1. The molecule has 3 aromatic heterocycles. The Bertz CT molecular complexity index is 4410. The van der Waals surface area contributed by atoms with Gasteiger partial charge in [-0.3, -0.25) is 9.59 Å². The van der Waals surface area contributed by atoms with Gasteiger partial charge in [0.05, 0.1) is 27.9 Å². The summed E-state index contributed by atoms with van der Waals surface area (Å²) in [5, 5.41) is 40.4. The number of rotatable bonds is 12. The summed E-state index contributed by atoms with van der Waals surface area (Å²) in [5.74, 6) is -2.81. The van der Waals surface area contributed by atoms with E-state index in [1.165, 1.54) is 31.0 Å². The van der Waals surface area contributed by atoms with E-state index in [0.29, 0.717) is 42.0 Å². The fourth-order valence-electron chi connectivity index (χ4n) is 13.0. The molecule has 3 aliphatic heterocycles. The Morgan fingerprint density at radius 2 is 0.692 bits per heavy atom. The van der Waals surface area contributed by atoms with Crippen LogP contribution < -0.4 is 34.9 Å². The van der Waals surface area contributed by atoms with Crippen LogP contribution in [0.5, 0.6) is 0 Å². The predicted molar refractivity (Wildman–Crippen MR) is 380 cm³/mol. The number of carboxylic acid groups (broad SMARTS) is 4. The van der Waals surface area contributed by atoms with Gasteiger partial charge in [0, 0.05) is 101 Å². The summed E-state index contributed by atoms with van der Waals surface area (Å²) in [5.41, 5.74) is 16.7. The van der Waals surface area contributed by atoms with Gasteiger partial charge in [-0.2, -0.15) is 28.8 Å². The van der Waals surface area contributed by atoms with Crippen LogP contribution in [-0.4, -0.2) is 143 Å². The SMILES string of the molecule is Cc1ccc(C(=O)N2CCCC(c3ccc(C(=O)O)cc3)C2)cc1-n1c(C)ccc1C.Cc1ccc(C(=O)O)cc1-n1c(C)ccc1C.Cc1ccc(C)n1-c1cc(C(=O)N2CCCC(c3ccc(C(=O)O)cc3)C2)ccc1C(=O)O.O=C=O.O=C=O.O=C=O.[Na+].[OH-].c1ccc(C2CCCNC2)cc1. The van der Waals surface area contributed by atoms with Crippen LogP contribution in [0.2, 0.25) is 0 Å². The van der Waals surface area contributed by atoms with E-state index in [2.05, 4.69) is 77.7 Å². The maximum Gasteiger partial charge on any atom is 1.00 e. The zero-order valence-corrected chi connectivity index (χ0v) is 61.8. The molecule has 6 heterocycles. The second kappa shape index (κ2) is 41.8. The number of hydrogen-bond acceptors (Lipinski definition) is 14. The molecule has 3 unspecified atom stereocenters. The number of aromatic carboxylic acids is 4. The van der Waals surface area contributed by atoms with Crippen molar-refractivity contribution in [3.8, 4) is 17.1 Å². The first-order chi connectivity index (χ1) is 48.8. The summed E-state index contributed by atoms with van der Waals surface area (Å²) in [6, 6.07) is 52.6. The minimum absolute atomic E-state index is 0. The molecule has 0 spiro atoms. The molecule has 24 heteroatoms. The van der Waals surface area contributed by atoms with Gasteiger partial charge in [-0.05, 0) is 237 Å². The first-order valence-corrected chi connectivity index (χ1v) is 33.1. The van der Waals surface area contributed by atoms with Gasteiger partial charge in [0.2, 0.25) is 0 Å². The quantitative estimate of drug-likeness (QED) is 0.0710. The molecule has 6 aromatic carbocycles. The molecule has 3 atom stereocenters. The largest absolute Gasteiger partial charge is 1.00 e.